The summed E-state index contributed by atoms with van der Waals surface area (Å²) in [6.07, 6.45) is -0.236. The molecule has 2 heterocycles. The van der Waals surface area contributed by atoms with Gasteiger partial charge in [-0.15, -0.1) is 0 Å². The van der Waals surface area contributed by atoms with Gasteiger partial charge in [0.05, 0.1) is 18.8 Å². The van der Waals surface area contributed by atoms with Crippen molar-refractivity contribution in [1.82, 2.24) is 10.9 Å². The Morgan fingerprint density at radius 1 is 1.19 bits per heavy atom. The maximum absolute atomic E-state index is 12.5. The van der Waals surface area contributed by atoms with E-state index in [0.717, 1.165) is 22.7 Å². The molecular weight excluding hydrogens is 412 g/mol. The van der Waals surface area contributed by atoms with Crippen molar-refractivity contribution >= 4 is 40.0 Å². The highest BCUT2D eigenvalue weighted by molar-refractivity contribution is 8.14. The average Bonchev–Trinajstić information content (AvgIpc) is 3.15. The summed E-state index contributed by atoms with van der Waals surface area (Å²) in [4.78, 5) is 19.2. The number of rotatable bonds is 5. The number of methoxy groups -OCH3 is 1. The Labute approximate surface area is 185 Å². The summed E-state index contributed by atoms with van der Waals surface area (Å²) in [5, 5.41) is 12.4. The summed E-state index contributed by atoms with van der Waals surface area (Å²) >= 11 is 1.32. The van der Waals surface area contributed by atoms with Crippen molar-refractivity contribution in [2.75, 3.05) is 23.1 Å². The summed E-state index contributed by atoms with van der Waals surface area (Å²) in [6, 6.07) is 15.3. The number of amides is 1. The first kappa shape index (κ1) is 21.4. The van der Waals surface area contributed by atoms with Crippen LogP contribution in [-0.4, -0.2) is 42.0 Å². The number of ether oxygens (including phenoxy) is 1. The smallest absolute Gasteiger partial charge is 0.234 e. The van der Waals surface area contributed by atoms with E-state index in [1.807, 2.05) is 67.3 Å². The van der Waals surface area contributed by atoms with Gasteiger partial charge >= 0.3 is 0 Å². The maximum Gasteiger partial charge on any atom is 0.234 e. The minimum atomic E-state index is -0.236. The maximum atomic E-state index is 12.5. The number of benzene rings is 2. The molecule has 0 aromatic heterocycles. The highest BCUT2D eigenvalue weighted by Gasteiger charge is 2.43. The molecule has 2 aliphatic rings. The van der Waals surface area contributed by atoms with E-state index in [2.05, 4.69) is 16.2 Å². The molecule has 2 aromatic carbocycles. The van der Waals surface area contributed by atoms with Crippen molar-refractivity contribution in [3.63, 3.8) is 0 Å². The van der Waals surface area contributed by atoms with Gasteiger partial charge in [0, 0.05) is 17.4 Å². The number of hydrogen-bond acceptors (Lipinski definition) is 7. The Morgan fingerprint density at radius 2 is 1.90 bits per heavy atom. The normalized spacial score (nSPS) is 22.7. The van der Waals surface area contributed by atoms with Gasteiger partial charge in [0.1, 0.15) is 17.8 Å². The Morgan fingerprint density at radius 3 is 2.58 bits per heavy atom. The van der Waals surface area contributed by atoms with Gasteiger partial charge in [0.15, 0.2) is 5.17 Å². The molecule has 0 radical (unpaired) electrons. The molecule has 0 bridgehead atoms. The first-order valence-corrected chi connectivity index (χ1v) is 11.1. The first-order chi connectivity index (χ1) is 15.0. The lowest BCUT2D eigenvalue weighted by Gasteiger charge is -2.35. The zero-order valence-electron chi connectivity index (χ0n) is 17.7. The van der Waals surface area contributed by atoms with E-state index in [1.165, 1.54) is 11.8 Å². The van der Waals surface area contributed by atoms with Crippen LogP contribution in [0, 0.1) is 18.3 Å². The van der Waals surface area contributed by atoms with Crippen LogP contribution in [0.15, 0.2) is 53.5 Å². The van der Waals surface area contributed by atoms with Gasteiger partial charge in [-0.3, -0.25) is 20.5 Å². The van der Waals surface area contributed by atoms with E-state index in [9.17, 15) is 4.79 Å². The quantitative estimate of drug-likeness (QED) is 0.573. The summed E-state index contributed by atoms with van der Waals surface area (Å²) in [7, 11) is 1.62. The number of hydrogen-bond donors (Lipinski definition) is 4. The molecule has 3 unspecified atom stereocenters. The molecule has 162 valence electrons. The third-order valence-electron chi connectivity index (χ3n) is 5.33. The molecule has 31 heavy (non-hydrogen) atoms. The zero-order valence-corrected chi connectivity index (χ0v) is 18.5. The number of fused-ring (bicyclic) bond motifs is 1. The minimum Gasteiger partial charge on any atom is -0.497 e. The third kappa shape index (κ3) is 4.58. The van der Waals surface area contributed by atoms with Gasteiger partial charge in [-0.1, -0.05) is 29.5 Å². The molecule has 0 saturated carbocycles. The highest BCUT2D eigenvalue weighted by Crippen LogP contribution is 2.32. The van der Waals surface area contributed by atoms with Crippen LogP contribution < -0.4 is 25.8 Å². The summed E-state index contributed by atoms with van der Waals surface area (Å²) in [5.41, 5.74) is 9.04. The zero-order chi connectivity index (χ0) is 22.0. The standard InChI is InChI=1S/C22H26N6O2S/c1-13-4-6-15(7-5-13)24-18(29)12-31-22-25-21-19(14(2)26-27-21)20(23)28(22)16-8-10-17(30-3)11-9-16/h4-11,14,19,21,23,26-27H,12H2,1-3H3,(H,24,29). The molecule has 0 spiro atoms. The van der Waals surface area contributed by atoms with E-state index in [1.54, 1.807) is 7.11 Å². The van der Waals surface area contributed by atoms with Crippen LogP contribution in [0.2, 0.25) is 0 Å². The monoisotopic (exact) mass is 438 g/mol. The largest absolute Gasteiger partial charge is 0.497 e. The second-order valence-corrected chi connectivity index (χ2v) is 8.52. The molecule has 0 aliphatic carbocycles. The molecule has 1 saturated heterocycles. The van der Waals surface area contributed by atoms with Gasteiger partial charge in [-0.05, 0) is 50.2 Å². The van der Waals surface area contributed by atoms with Crippen LogP contribution in [0.5, 0.6) is 5.75 Å². The van der Waals surface area contributed by atoms with E-state index in [0.29, 0.717) is 11.0 Å². The van der Waals surface area contributed by atoms with E-state index in [-0.39, 0.29) is 29.8 Å². The van der Waals surface area contributed by atoms with Crippen molar-refractivity contribution in [1.29, 1.82) is 5.41 Å². The molecular formula is C22H26N6O2S. The molecule has 1 amide bonds. The lowest BCUT2D eigenvalue weighted by Crippen LogP contribution is -2.50. The fraction of sp³-hybridized carbons (Fsp3) is 0.318. The van der Waals surface area contributed by atoms with Crippen LogP contribution in [0.25, 0.3) is 0 Å². The Hall–Kier alpha value is -2.88. The Bertz CT molecular complexity index is 992. The Balaban J connectivity index is 1.53. The highest BCUT2D eigenvalue weighted by atomic mass is 32.2. The van der Waals surface area contributed by atoms with Gasteiger partial charge < -0.3 is 10.1 Å². The van der Waals surface area contributed by atoms with Crippen LogP contribution in [0.4, 0.5) is 11.4 Å². The van der Waals surface area contributed by atoms with Crippen LogP contribution in [0.3, 0.4) is 0 Å². The van der Waals surface area contributed by atoms with E-state index < -0.39 is 0 Å². The number of thioether (sulfide) groups is 1. The van der Waals surface area contributed by atoms with E-state index in [4.69, 9.17) is 15.1 Å². The molecule has 1 fully saturated rings. The second-order valence-electron chi connectivity index (χ2n) is 7.58. The van der Waals surface area contributed by atoms with Gasteiger partial charge in [0.2, 0.25) is 5.91 Å². The van der Waals surface area contributed by atoms with Crippen molar-refractivity contribution in [2.45, 2.75) is 26.1 Å². The third-order valence-corrected chi connectivity index (χ3v) is 6.29. The van der Waals surface area contributed by atoms with Gasteiger partial charge in [0.25, 0.3) is 0 Å². The van der Waals surface area contributed by atoms with Crippen molar-refractivity contribution in [2.24, 2.45) is 10.9 Å². The molecule has 4 N–H and O–H groups in total. The lowest BCUT2D eigenvalue weighted by atomic mass is 9.97. The predicted molar refractivity (Wildman–Crippen MR) is 126 cm³/mol. The van der Waals surface area contributed by atoms with Crippen molar-refractivity contribution in [3.05, 3.63) is 54.1 Å². The number of hydrazine groups is 1. The lowest BCUT2D eigenvalue weighted by molar-refractivity contribution is -0.113. The number of carbonyl (C=O) groups excluding carboxylic acids is 1. The summed E-state index contributed by atoms with van der Waals surface area (Å²) < 4.78 is 5.26. The molecule has 2 aliphatic heterocycles. The number of aliphatic imine (C=N–C) groups is 1. The SMILES string of the molecule is COc1ccc(N2C(=N)C3C(C)NNC3N=C2SCC(=O)Nc2ccc(C)cc2)cc1. The van der Waals surface area contributed by atoms with Gasteiger partial charge in [-0.2, -0.15) is 0 Å². The summed E-state index contributed by atoms with van der Waals surface area (Å²) in [6.45, 7) is 4.03. The number of nitrogens with zero attached hydrogens (tertiary/aromatic N) is 2. The van der Waals surface area contributed by atoms with Crippen molar-refractivity contribution in [3.8, 4) is 5.75 Å². The molecule has 8 nitrogen and oxygen atoms in total. The number of aryl methyl sites for hydroxylation is 1. The number of amidine groups is 2. The average molecular weight is 439 g/mol. The minimum absolute atomic E-state index is 0.0679. The van der Waals surface area contributed by atoms with Crippen LogP contribution in [0.1, 0.15) is 12.5 Å². The number of anilines is 2. The second kappa shape index (κ2) is 9.09. The molecule has 9 heteroatoms. The predicted octanol–water partition coefficient (Wildman–Crippen LogP) is 2.97. The Kier molecular flexibility index (Phi) is 6.26. The van der Waals surface area contributed by atoms with Crippen LogP contribution in [-0.2, 0) is 4.79 Å². The molecule has 2 aromatic rings. The van der Waals surface area contributed by atoms with E-state index >= 15 is 0 Å². The fourth-order valence-electron chi connectivity index (χ4n) is 3.64. The topological polar surface area (TPSA) is 102 Å². The fourth-order valence-corrected chi connectivity index (χ4v) is 4.50. The van der Waals surface area contributed by atoms with Crippen molar-refractivity contribution < 1.29 is 9.53 Å². The van der Waals surface area contributed by atoms with Crippen LogP contribution >= 0.6 is 11.8 Å². The summed E-state index contributed by atoms with van der Waals surface area (Å²) in [5.74, 6) is 1.15. The number of carbonyl (C=O) groups is 1. The first-order valence-electron chi connectivity index (χ1n) is 10.1. The molecule has 3 atom stereocenters. The number of nitrogens with one attached hydrogen (secondary N) is 4. The van der Waals surface area contributed by atoms with Gasteiger partial charge in [-0.25, -0.2) is 10.4 Å². The molecule has 4 rings (SSSR count).